The van der Waals surface area contributed by atoms with Crippen molar-refractivity contribution in [2.45, 2.75) is 174 Å². The molecule has 0 aromatic heterocycles. The van der Waals surface area contributed by atoms with Gasteiger partial charge in [-0.1, -0.05) is 119 Å². The van der Waals surface area contributed by atoms with Crippen LogP contribution in [0.25, 0.3) is 22.3 Å². The van der Waals surface area contributed by atoms with Gasteiger partial charge in [0.2, 0.25) is 0 Å². The van der Waals surface area contributed by atoms with Crippen LogP contribution in [0.15, 0.2) is 78.9 Å². The molecule has 2 N–H and O–H groups in total. The smallest absolute Gasteiger partial charge is 0.303 e. The van der Waals surface area contributed by atoms with E-state index >= 15 is 0 Å². The predicted octanol–water partition coefficient (Wildman–Crippen LogP) is 15.4. The second-order valence-corrected chi connectivity index (χ2v) is 22.9. The number of benzene rings is 3. The fourth-order valence-corrected chi connectivity index (χ4v) is 16.9. The summed E-state index contributed by atoms with van der Waals surface area (Å²) in [6.45, 7) is 7.43. The molecule has 0 heterocycles. The number of aliphatic carboxylic acids is 1. The summed E-state index contributed by atoms with van der Waals surface area (Å²) in [7, 11) is 0. The Labute approximate surface area is 370 Å². The summed E-state index contributed by atoms with van der Waals surface area (Å²) < 4.78 is 0. The van der Waals surface area contributed by atoms with Crippen molar-refractivity contribution in [2.75, 3.05) is 0 Å². The molecule has 330 valence electrons. The molecule has 0 radical (unpaired) electrons. The van der Waals surface area contributed by atoms with E-state index in [9.17, 15) is 9.90 Å². The van der Waals surface area contributed by atoms with Gasteiger partial charge in [0.05, 0.1) is 6.10 Å². The van der Waals surface area contributed by atoms with Crippen LogP contribution in [-0.4, -0.2) is 22.3 Å². The lowest BCUT2D eigenvalue weighted by atomic mass is 9.44. The van der Waals surface area contributed by atoms with Crippen molar-refractivity contribution in [2.24, 2.45) is 70.0 Å². The van der Waals surface area contributed by atoms with Gasteiger partial charge in [-0.2, -0.15) is 0 Å². The van der Waals surface area contributed by atoms with Crippen LogP contribution in [0.4, 0.5) is 0 Å². The van der Waals surface area contributed by atoms with Crippen molar-refractivity contribution in [1.82, 2.24) is 0 Å². The van der Waals surface area contributed by atoms with Crippen LogP contribution in [0, 0.1) is 70.0 Å². The van der Waals surface area contributed by atoms with Gasteiger partial charge in [-0.3, -0.25) is 4.79 Å². The van der Waals surface area contributed by atoms with Crippen LogP contribution in [0.1, 0.15) is 174 Å². The SMILES string of the molecule is C1C2CC3CC1CC(C2)C3.C[C@H](CCC(=O)O)[C@H]1CCC2C3CCC4C[C@H](O)CC[C@]4(C)C3CC[C@@]21C.c1ccc(-c2cccc(C3CCCCC3)c2-c2ccccc2)cc1. The molecule has 9 fully saturated rings. The summed E-state index contributed by atoms with van der Waals surface area (Å²) in [4.78, 5) is 11.0. The Morgan fingerprint density at radius 3 is 1.84 bits per heavy atom. The van der Waals surface area contributed by atoms with Crippen LogP contribution in [-0.2, 0) is 4.79 Å². The predicted molar refractivity (Wildman–Crippen MR) is 252 cm³/mol. The standard InChI is InChI=1S/C24H40O3.C24H24.C10H16/c1-15(4-9-22(26)27)19-7-8-20-18-6-5-16-14-17(25)10-12-23(16,2)21(18)11-13-24(19,20)3;1-4-11-19(12-5-1)22-17-10-18-23(20-13-6-2-7-14-20)24(22)21-15-8-3-9-16-21;1-7-2-9-4-8(1)5-10(3-7)6-9/h15-21,25H,4-14H2,1-3H3,(H,26,27);1,3-5,8-12,15-18,20H,2,6-7,13-14H2;7-10H,1-6H2/t15-,16?,17-,18?,19-,20?,21?,23+,24-;;/m1../s1. The number of aliphatic hydroxyl groups excluding tert-OH is 1. The van der Waals surface area contributed by atoms with Crippen LogP contribution < -0.4 is 0 Å². The van der Waals surface area contributed by atoms with Crippen molar-refractivity contribution < 1.29 is 15.0 Å². The molecule has 9 atom stereocenters. The molecule has 4 unspecified atom stereocenters. The normalized spacial score (nSPS) is 37.8. The highest BCUT2D eigenvalue weighted by atomic mass is 16.4. The third kappa shape index (κ3) is 9.09. The first-order valence-electron chi connectivity index (χ1n) is 25.7. The molecule has 9 saturated carbocycles. The second kappa shape index (κ2) is 18.7. The molecule has 9 aliphatic rings. The largest absolute Gasteiger partial charge is 0.481 e. The van der Waals surface area contributed by atoms with E-state index in [-0.39, 0.29) is 6.10 Å². The first-order valence-corrected chi connectivity index (χ1v) is 25.7. The number of hydrogen-bond donors (Lipinski definition) is 2. The molecule has 3 heteroatoms. The number of rotatable bonds is 7. The van der Waals surface area contributed by atoms with Gasteiger partial charge >= 0.3 is 5.97 Å². The number of carbonyl (C=O) groups is 1. The van der Waals surface area contributed by atoms with Crippen LogP contribution >= 0.6 is 0 Å². The maximum absolute atomic E-state index is 11.0. The van der Waals surface area contributed by atoms with Crippen LogP contribution in [0.2, 0.25) is 0 Å². The third-order valence-corrected chi connectivity index (χ3v) is 19.5. The molecular weight excluding hydrogens is 745 g/mol. The fraction of sp³-hybridized carbons (Fsp3) is 0.672. The van der Waals surface area contributed by atoms with Crippen molar-refractivity contribution in [3.05, 3.63) is 84.4 Å². The molecule has 0 amide bonds. The summed E-state index contributed by atoms with van der Waals surface area (Å²) in [6, 6.07) is 28.7. The molecule has 3 nitrogen and oxygen atoms in total. The highest BCUT2D eigenvalue weighted by Crippen LogP contribution is 2.68. The minimum Gasteiger partial charge on any atom is -0.481 e. The fourth-order valence-electron chi connectivity index (χ4n) is 16.9. The topological polar surface area (TPSA) is 57.5 Å². The van der Waals surface area contributed by atoms with Gasteiger partial charge in [0.1, 0.15) is 0 Å². The minimum absolute atomic E-state index is 0.0561. The average molecular weight is 825 g/mol. The zero-order valence-corrected chi connectivity index (χ0v) is 38.3. The molecule has 12 rings (SSSR count). The first-order chi connectivity index (χ1) is 29.6. The summed E-state index contributed by atoms with van der Waals surface area (Å²) >= 11 is 0. The lowest BCUT2D eigenvalue weighted by Crippen LogP contribution is -2.54. The van der Waals surface area contributed by atoms with Gasteiger partial charge in [-0.15, -0.1) is 0 Å². The van der Waals surface area contributed by atoms with E-state index in [1.165, 1.54) is 123 Å². The lowest BCUT2D eigenvalue weighted by Gasteiger charge is -2.61. The Kier molecular flexibility index (Phi) is 13.3. The van der Waals surface area contributed by atoms with Gasteiger partial charge in [0.25, 0.3) is 0 Å². The van der Waals surface area contributed by atoms with Crippen molar-refractivity contribution in [3.63, 3.8) is 0 Å². The van der Waals surface area contributed by atoms with E-state index in [1.54, 1.807) is 44.1 Å². The summed E-state index contributed by atoms with van der Waals surface area (Å²) in [6.07, 6.45) is 28.9. The van der Waals surface area contributed by atoms with Gasteiger partial charge in [0, 0.05) is 6.42 Å². The monoisotopic (exact) mass is 825 g/mol. The summed E-state index contributed by atoms with van der Waals surface area (Å²) in [5, 5.41) is 19.3. The summed E-state index contributed by atoms with van der Waals surface area (Å²) in [5.41, 5.74) is 7.89. The molecule has 3 aromatic rings. The molecule has 9 aliphatic carbocycles. The van der Waals surface area contributed by atoms with Gasteiger partial charge in [-0.25, -0.2) is 0 Å². The van der Waals surface area contributed by atoms with Crippen molar-refractivity contribution >= 4 is 5.97 Å². The van der Waals surface area contributed by atoms with E-state index in [0.717, 1.165) is 42.9 Å². The first kappa shape index (κ1) is 43.3. The maximum Gasteiger partial charge on any atom is 0.303 e. The van der Waals surface area contributed by atoms with Gasteiger partial charge in [-0.05, 0) is 219 Å². The Balaban J connectivity index is 0.000000127. The molecular formula is C58H80O3. The van der Waals surface area contributed by atoms with E-state index in [2.05, 4.69) is 99.6 Å². The number of carboxylic acid groups (broad SMARTS) is 1. The quantitative estimate of drug-likeness (QED) is 0.249. The molecule has 3 aromatic carbocycles. The number of fused-ring (bicyclic) bond motifs is 5. The zero-order chi connectivity index (χ0) is 42.1. The zero-order valence-electron chi connectivity index (χ0n) is 38.3. The van der Waals surface area contributed by atoms with Crippen LogP contribution in [0.5, 0.6) is 0 Å². The molecule has 0 saturated heterocycles. The van der Waals surface area contributed by atoms with Crippen molar-refractivity contribution in [3.8, 4) is 22.3 Å². The van der Waals surface area contributed by atoms with E-state index in [4.69, 9.17) is 5.11 Å². The Morgan fingerprint density at radius 2 is 1.21 bits per heavy atom. The van der Waals surface area contributed by atoms with Gasteiger partial charge < -0.3 is 10.2 Å². The highest BCUT2D eigenvalue weighted by Gasteiger charge is 2.60. The lowest BCUT2D eigenvalue weighted by molar-refractivity contribution is -0.138. The van der Waals surface area contributed by atoms with E-state index < -0.39 is 5.97 Å². The highest BCUT2D eigenvalue weighted by molar-refractivity contribution is 5.86. The number of carboxylic acids is 1. The average Bonchev–Trinajstić information content (AvgIpc) is 3.64. The molecule has 0 spiro atoms. The number of aliphatic hydroxyl groups is 1. The minimum atomic E-state index is -0.643. The van der Waals surface area contributed by atoms with Crippen molar-refractivity contribution in [1.29, 1.82) is 0 Å². The number of hydrogen-bond acceptors (Lipinski definition) is 2. The Hall–Kier alpha value is -2.91. The third-order valence-electron chi connectivity index (χ3n) is 19.5. The Morgan fingerprint density at radius 1 is 0.623 bits per heavy atom. The molecule has 61 heavy (non-hydrogen) atoms. The Bertz CT molecular complexity index is 1840. The van der Waals surface area contributed by atoms with Gasteiger partial charge in [0.15, 0.2) is 0 Å². The molecule has 0 aliphatic heterocycles. The second-order valence-electron chi connectivity index (χ2n) is 22.9. The van der Waals surface area contributed by atoms with E-state index in [1.807, 2.05) is 0 Å². The van der Waals surface area contributed by atoms with Crippen LogP contribution in [0.3, 0.4) is 0 Å². The summed E-state index contributed by atoms with van der Waals surface area (Å²) in [5.74, 6) is 9.32. The molecule has 4 bridgehead atoms. The van der Waals surface area contributed by atoms with E-state index in [0.29, 0.717) is 35.0 Å². The maximum atomic E-state index is 11.0.